The molecular weight excluding hydrogens is 284 g/mol. The highest BCUT2D eigenvalue weighted by Gasteiger charge is 2.21. The first-order valence-corrected chi connectivity index (χ1v) is 8.08. The molecule has 0 saturated carbocycles. The van der Waals surface area contributed by atoms with E-state index in [0.717, 1.165) is 39.1 Å². The summed E-state index contributed by atoms with van der Waals surface area (Å²) in [6.45, 7) is 4.51. The van der Waals surface area contributed by atoms with Crippen molar-refractivity contribution in [2.45, 2.75) is 13.0 Å². The minimum atomic E-state index is 0.0460. The van der Waals surface area contributed by atoms with Gasteiger partial charge in [-0.3, -0.25) is 9.69 Å². The number of thiophene rings is 1. The van der Waals surface area contributed by atoms with Gasteiger partial charge in [-0.05, 0) is 23.9 Å². The summed E-state index contributed by atoms with van der Waals surface area (Å²) in [4.78, 5) is 21.1. The summed E-state index contributed by atoms with van der Waals surface area (Å²) in [5.74, 6) is 0.0460. The highest BCUT2D eigenvalue weighted by molar-refractivity contribution is 7.09. The van der Waals surface area contributed by atoms with E-state index < -0.39 is 0 Å². The first-order valence-electron chi connectivity index (χ1n) is 7.20. The van der Waals surface area contributed by atoms with Crippen molar-refractivity contribution < 1.29 is 4.79 Å². The van der Waals surface area contributed by atoms with Gasteiger partial charge in [0.05, 0.1) is 0 Å². The fourth-order valence-corrected chi connectivity index (χ4v) is 3.41. The van der Waals surface area contributed by atoms with Gasteiger partial charge in [-0.1, -0.05) is 6.07 Å². The largest absolute Gasteiger partial charge is 0.397 e. The number of anilines is 1. The van der Waals surface area contributed by atoms with Gasteiger partial charge >= 0.3 is 0 Å². The van der Waals surface area contributed by atoms with Crippen LogP contribution in [0, 0.1) is 0 Å². The number of carbonyl (C=O) groups excluding carboxylic acids is 1. The number of nitrogen functional groups attached to an aromatic ring is 1. The van der Waals surface area contributed by atoms with Crippen LogP contribution in [0.3, 0.4) is 0 Å². The molecule has 0 bridgehead atoms. The van der Waals surface area contributed by atoms with Gasteiger partial charge in [0, 0.05) is 49.5 Å². The van der Waals surface area contributed by atoms with Crippen LogP contribution in [-0.4, -0.2) is 46.9 Å². The van der Waals surface area contributed by atoms with Crippen molar-refractivity contribution in [1.82, 2.24) is 14.8 Å². The van der Waals surface area contributed by atoms with Crippen LogP contribution in [0.2, 0.25) is 0 Å². The van der Waals surface area contributed by atoms with Crippen molar-refractivity contribution >= 4 is 22.9 Å². The van der Waals surface area contributed by atoms with Crippen molar-refractivity contribution in [2.75, 3.05) is 31.9 Å². The normalized spacial score (nSPS) is 16.9. The lowest BCUT2D eigenvalue weighted by Crippen LogP contribution is -2.35. The van der Waals surface area contributed by atoms with E-state index in [4.69, 9.17) is 5.73 Å². The van der Waals surface area contributed by atoms with Crippen LogP contribution in [0.5, 0.6) is 0 Å². The predicted molar refractivity (Wildman–Crippen MR) is 85.3 cm³/mol. The van der Waals surface area contributed by atoms with Gasteiger partial charge in [-0.25, -0.2) is 0 Å². The molecule has 0 radical (unpaired) electrons. The zero-order valence-corrected chi connectivity index (χ0v) is 12.7. The van der Waals surface area contributed by atoms with E-state index in [2.05, 4.69) is 27.4 Å². The van der Waals surface area contributed by atoms with Crippen LogP contribution in [0.1, 0.15) is 21.8 Å². The molecule has 2 aromatic heterocycles. The number of nitrogens with two attached hydrogens (primary N) is 1. The smallest absolute Gasteiger partial charge is 0.270 e. The molecule has 1 saturated heterocycles. The Hall–Kier alpha value is -1.79. The first-order chi connectivity index (χ1) is 10.2. The summed E-state index contributed by atoms with van der Waals surface area (Å²) in [6, 6.07) is 5.96. The third kappa shape index (κ3) is 3.46. The van der Waals surface area contributed by atoms with Gasteiger partial charge in [0.1, 0.15) is 5.69 Å². The number of nitrogens with one attached hydrogen (secondary N) is 1. The van der Waals surface area contributed by atoms with Gasteiger partial charge in [0.15, 0.2) is 0 Å². The second kappa shape index (κ2) is 6.32. The van der Waals surface area contributed by atoms with Crippen LogP contribution in [0.4, 0.5) is 5.69 Å². The van der Waals surface area contributed by atoms with Crippen LogP contribution in [0.25, 0.3) is 0 Å². The lowest BCUT2D eigenvalue weighted by atomic mass is 10.3. The summed E-state index contributed by atoms with van der Waals surface area (Å²) in [5.41, 5.74) is 6.85. The van der Waals surface area contributed by atoms with Crippen LogP contribution in [-0.2, 0) is 6.54 Å². The van der Waals surface area contributed by atoms with E-state index >= 15 is 0 Å². The summed E-state index contributed by atoms with van der Waals surface area (Å²) in [6.07, 6.45) is 2.67. The second-order valence-corrected chi connectivity index (χ2v) is 6.38. The molecule has 1 amide bonds. The van der Waals surface area contributed by atoms with E-state index in [9.17, 15) is 4.79 Å². The Morgan fingerprint density at radius 3 is 2.95 bits per heavy atom. The molecule has 3 heterocycles. The van der Waals surface area contributed by atoms with Crippen molar-refractivity contribution in [3.8, 4) is 0 Å². The monoisotopic (exact) mass is 304 g/mol. The first kappa shape index (κ1) is 14.2. The number of amides is 1. The molecule has 1 aliphatic heterocycles. The molecule has 0 aliphatic carbocycles. The Morgan fingerprint density at radius 2 is 2.24 bits per heavy atom. The summed E-state index contributed by atoms with van der Waals surface area (Å²) in [7, 11) is 0. The molecule has 1 aliphatic rings. The Kier molecular flexibility index (Phi) is 4.26. The molecule has 3 rings (SSSR count). The Bertz CT molecular complexity index is 593. The van der Waals surface area contributed by atoms with Gasteiger partial charge in [0.25, 0.3) is 5.91 Å². The lowest BCUT2D eigenvalue weighted by Gasteiger charge is -2.21. The van der Waals surface area contributed by atoms with E-state index in [1.165, 1.54) is 4.88 Å². The SMILES string of the molecule is Nc1c[nH]c(C(=O)N2CCCN(Cc3cccs3)CC2)c1. The number of rotatable bonds is 3. The highest BCUT2D eigenvalue weighted by Crippen LogP contribution is 2.15. The van der Waals surface area contributed by atoms with E-state index in [1.807, 2.05) is 4.90 Å². The number of aromatic nitrogens is 1. The molecule has 1 fully saturated rings. The van der Waals surface area contributed by atoms with Crippen molar-refractivity contribution in [2.24, 2.45) is 0 Å². The quantitative estimate of drug-likeness (QED) is 0.911. The van der Waals surface area contributed by atoms with Crippen LogP contribution in [0.15, 0.2) is 29.8 Å². The zero-order chi connectivity index (χ0) is 14.7. The van der Waals surface area contributed by atoms with Crippen molar-refractivity contribution in [1.29, 1.82) is 0 Å². The molecular formula is C15H20N4OS. The van der Waals surface area contributed by atoms with Gasteiger partial charge < -0.3 is 15.6 Å². The predicted octanol–water partition coefficient (Wildman–Crippen LogP) is 2.01. The molecule has 3 N–H and O–H groups in total. The van der Waals surface area contributed by atoms with Crippen molar-refractivity contribution in [3.63, 3.8) is 0 Å². The number of hydrogen-bond donors (Lipinski definition) is 2. The van der Waals surface area contributed by atoms with E-state index in [1.54, 1.807) is 23.6 Å². The third-order valence-corrected chi connectivity index (χ3v) is 4.63. The minimum Gasteiger partial charge on any atom is -0.397 e. The minimum absolute atomic E-state index is 0.0460. The second-order valence-electron chi connectivity index (χ2n) is 5.35. The average molecular weight is 304 g/mol. The summed E-state index contributed by atoms with van der Waals surface area (Å²) in [5, 5.41) is 2.11. The van der Waals surface area contributed by atoms with Gasteiger partial charge in [-0.2, -0.15) is 0 Å². The fourth-order valence-electron chi connectivity index (χ4n) is 2.66. The maximum Gasteiger partial charge on any atom is 0.270 e. The average Bonchev–Trinajstić information content (AvgIpc) is 3.07. The van der Waals surface area contributed by atoms with Crippen molar-refractivity contribution in [3.05, 3.63) is 40.3 Å². The third-order valence-electron chi connectivity index (χ3n) is 3.77. The molecule has 112 valence electrons. The lowest BCUT2D eigenvalue weighted by molar-refractivity contribution is 0.0756. The number of hydrogen-bond acceptors (Lipinski definition) is 4. The molecule has 0 aromatic carbocycles. The molecule has 21 heavy (non-hydrogen) atoms. The maximum absolute atomic E-state index is 12.4. The summed E-state index contributed by atoms with van der Waals surface area (Å²) < 4.78 is 0. The Labute approximate surface area is 128 Å². The number of H-pyrrole nitrogens is 1. The van der Waals surface area contributed by atoms with Crippen LogP contribution < -0.4 is 5.73 Å². The van der Waals surface area contributed by atoms with Gasteiger partial charge in [0.2, 0.25) is 0 Å². The zero-order valence-electron chi connectivity index (χ0n) is 11.9. The molecule has 5 nitrogen and oxygen atoms in total. The molecule has 2 aromatic rings. The Balaban J connectivity index is 1.59. The van der Waals surface area contributed by atoms with E-state index in [0.29, 0.717) is 11.4 Å². The Morgan fingerprint density at radius 1 is 1.33 bits per heavy atom. The standard InChI is InChI=1S/C15H20N4OS/c16-12-9-14(17-10-12)15(20)19-5-2-4-18(6-7-19)11-13-3-1-8-21-13/h1,3,8-10,17H,2,4-7,11,16H2. The van der Waals surface area contributed by atoms with Gasteiger partial charge in [-0.15, -0.1) is 11.3 Å². The molecule has 0 spiro atoms. The number of nitrogens with zero attached hydrogens (tertiary/aromatic N) is 2. The van der Waals surface area contributed by atoms with E-state index in [-0.39, 0.29) is 5.91 Å². The fraction of sp³-hybridized carbons (Fsp3) is 0.400. The number of carbonyl (C=O) groups is 1. The molecule has 0 atom stereocenters. The van der Waals surface area contributed by atoms with Crippen LogP contribution >= 0.6 is 11.3 Å². The molecule has 0 unspecified atom stereocenters. The molecule has 6 heteroatoms. The summed E-state index contributed by atoms with van der Waals surface area (Å²) >= 11 is 1.79. The number of aromatic amines is 1. The topological polar surface area (TPSA) is 65.4 Å². The highest BCUT2D eigenvalue weighted by atomic mass is 32.1. The maximum atomic E-state index is 12.4.